The Morgan fingerprint density at radius 3 is 2.57 bits per heavy atom. The molecule has 0 atom stereocenters. The van der Waals surface area contributed by atoms with E-state index in [0.717, 1.165) is 17.0 Å². The number of rotatable bonds is 6. The summed E-state index contributed by atoms with van der Waals surface area (Å²) in [5.74, 6) is 1.33. The Balaban J connectivity index is 1.51. The van der Waals surface area contributed by atoms with Crippen molar-refractivity contribution in [2.45, 2.75) is 20.1 Å². The molecule has 0 radical (unpaired) electrons. The van der Waals surface area contributed by atoms with Crippen LogP contribution in [0.4, 0.5) is 16.0 Å². The van der Waals surface area contributed by atoms with Crippen LogP contribution in [0.15, 0.2) is 60.8 Å². The number of aromatic nitrogens is 4. The summed E-state index contributed by atoms with van der Waals surface area (Å²) in [5, 5.41) is 3.20. The largest absolute Gasteiger partial charge is 0.497 e. The van der Waals surface area contributed by atoms with Crippen molar-refractivity contribution in [2.75, 3.05) is 25.6 Å². The molecule has 0 aliphatic carbocycles. The first kappa shape index (κ1) is 22.9. The lowest BCUT2D eigenvalue weighted by atomic mass is 9.96. The number of benzene rings is 2. The van der Waals surface area contributed by atoms with Gasteiger partial charge in [0.05, 0.1) is 37.4 Å². The number of aromatic amines is 1. The molecular formula is C26H26FN5O3. The number of H-pyrrole nitrogens is 1. The highest BCUT2D eigenvalue weighted by Gasteiger charge is 2.32. The minimum absolute atomic E-state index is 0.0704. The molecule has 0 unspecified atom stereocenters. The maximum absolute atomic E-state index is 13.6. The van der Waals surface area contributed by atoms with Crippen molar-refractivity contribution in [3.63, 3.8) is 0 Å². The van der Waals surface area contributed by atoms with Crippen molar-refractivity contribution in [3.8, 4) is 28.4 Å². The average Bonchev–Trinajstić information content (AvgIpc) is 3.30. The SMILES string of the molecule is COc1cccc(Nc2nccc(-c3[nH]c(C4OCC(C)(C)CO4)nc3-c3ccc(F)cc3)n2)c1. The van der Waals surface area contributed by atoms with E-state index in [-0.39, 0.29) is 11.2 Å². The molecule has 8 nitrogen and oxygen atoms in total. The first-order valence-corrected chi connectivity index (χ1v) is 11.2. The Labute approximate surface area is 202 Å². The predicted octanol–water partition coefficient (Wildman–Crippen LogP) is 5.50. The zero-order valence-electron chi connectivity index (χ0n) is 19.7. The normalized spacial score (nSPS) is 15.7. The van der Waals surface area contributed by atoms with Gasteiger partial charge in [-0.25, -0.2) is 19.3 Å². The van der Waals surface area contributed by atoms with E-state index >= 15 is 0 Å². The van der Waals surface area contributed by atoms with Gasteiger partial charge in [0.15, 0.2) is 5.82 Å². The molecule has 5 rings (SSSR count). The summed E-state index contributed by atoms with van der Waals surface area (Å²) in [6.45, 7) is 5.25. The second kappa shape index (κ2) is 9.44. The number of imidazole rings is 1. The molecule has 1 saturated heterocycles. The van der Waals surface area contributed by atoms with E-state index < -0.39 is 6.29 Å². The maximum atomic E-state index is 13.6. The first-order chi connectivity index (χ1) is 16.9. The quantitative estimate of drug-likeness (QED) is 0.380. The molecule has 1 fully saturated rings. The highest BCUT2D eigenvalue weighted by atomic mass is 19.1. The zero-order chi connectivity index (χ0) is 24.4. The van der Waals surface area contributed by atoms with Gasteiger partial charge < -0.3 is 24.5 Å². The zero-order valence-corrected chi connectivity index (χ0v) is 19.7. The number of ether oxygens (including phenoxy) is 3. The molecule has 1 aliphatic rings. The van der Waals surface area contributed by atoms with Crippen LogP contribution in [0.1, 0.15) is 26.0 Å². The summed E-state index contributed by atoms with van der Waals surface area (Å²) in [5.41, 5.74) is 3.33. The second-order valence-electron chi connectivity index (χ2n) is 9.09. The highest BCUT2D eigenvalue weighted by molar-refractivity contribution is 5.77. The molecule has 2 N–H and O–H groups in total. The number of methoxy groups -OCH3 is 1. The van der Waals surface area contributed by atoms with Crippen LogP contribution in [0.5, 0.6) is 5.75 Å². The Hall–Kier alpha value is -3.82. The summed E-state index contributed by atoms with van der Waals surface area (Å²) in [4.78, 5) is 17.1. The van der Waals surface area contributed by atoms with Gasteiger partial charge in [-0.1, -0.05) is 19.9 Å². The number of nitrogens with zero attached hydrogens (tertiary/aromatic N) is 3. The lowest BCUT2D eigenvalue weighted by Crippen LogP contribution is -2.34. The Kier molecular flexibility index (Phi) is 6.19. The van der Waals surface area contributed by atoms with Gasteiger partial charge in [0, 0.05) is 28.9 Å². The van der Waals surface area contributed by atoms with E-state index in [1.807, 2.05) is 24.3 Å². The molecule has 2 aromatic carbocycles. The van der Waals surface area contributed by atoms with E-state index in [9.17, 15) is 4.39 Å². The smallest absolute Gasteiger partial charge is 0.227 e. The van der Waals surface area contributed by atoms with Crippen LogP contribution < -0.4 is 10.1 Å². The van der Waals surface area contributed by atoms with Gasteiger partial charge in [0.1, 0.15) is 11.6 Å². The highest BCUT2D eigenvalue weighted by Crippen LogP contribution is 2.35. The van der Waals surface area contributed by atoms with Gasteiger partial charge in [0.25, 0.3) is 0 Å². The molecule has 0 saturated carbocycles. The van der Waals surface area contributed by atoms with E-state index in [2.05, 4.69) is 34.1 Å². The van der Waals surface area contributed by atoms with Crippen molar-refractivity contribution in [2.24, 2.45) is 5.41 Å². The number of halogens is 1. The number of anilines is 2. The van der Waals surface area contributed by atoms with Crippen LogP contribution in [0.25, 0.3) is 22.6 Å². The van der Waals surface area contributed by atoms with Gasteiger partial charge in [0.2, 0.25) is 12.2 Å². The van der Waals surface area contributed by atoms with Gasteiger partial charge in [-0.3, -0.25) is 0 Å². The molecule has 2 aromatic heterocycles. The van der Waals surface area contributed by atoms with Gasteiger partial charge >= 0.3 is 0 Å². The first-order valence-electron chi connectivity index (χ1n) is 11.2. The maximum Gasteiger partial charge on any atom is 0.227 e. The van der Waals surface area contributed by atoms with E-state index in [4.69, 9.17) is 19.2 Å². The minimum atomic E-state index is -0.632. The molecule has 9 heteroatoms. The number of nitrogens with one attached hydrogen (secondary N) is 2. The van der Waals surface area contributed by atoms with Gasteiger partial charge in [-0.2, -0.15) is 0 Å². The second-order valence-corrected chi connectivity index (χ2v) is 9.09. The van der Waals surface area contributed by atoms with Crippen LogP contribution in [0, 0.1) is 11.2 Å². The van der Waals surface area contributed by atoms with Crippen molar-refractivity contribution in [1.29, 1.82) is 0 Å². The van der Waals surface area contributed by atoms with Crippen LogP contribution in [0.3, 0.4) is 0 Å². The molecule has 4 aromatic rings. The molecule has 0 bridgehead atoms. The third-order valence-corrected chi connectivity index (χ3v) is 5.55. The van der Waals surface area contributed by atoms with Gasteiger partial charge in [-0.15, -0.1) is 0 Å². The van der Waals surface area contributed by atoms with E-state index in [0.29, 0.717) is 42.1 Å². The summed E-state index contributed by atoms with van der Waals surface area (Å²) in [7, 11) is 1.61. The Bertz CT molecular complexity index is 1310. The summed E-state index contributed by atoms with van der Waals surface area (Å²) in [6, 6.07) is 15.4. The molecule has 0 amide bonds. The minimum Gasteiger partial charge on any atom is -0.497 e. The molecule has 35 heavy (non-hydrogen) atoms. The van der Waals surface area contributed by atoms with Crippen molar-refractivity contribution in [1.82, 2.24) is 19.9 Å². The van der Waals surface area contributed by atoms with Crippen LogP contribution in [0.2, 0.25) is 0 Å². The van der Waals surface area contributed by atoms with Crippen LogP contribution >= 0.6 is 0 Å². The molecule has 180 valence electrons. The van der Waals surface area contributed by atoms with Crippen LogP contribution in [-0.4, -0.2) is 40.3 Å². The molecule has 0 spiro atoms. The topological polar surface area (TPSA) is 94.2 Å². The lowest BCUT2D eigenvalue weighted by Gasteiger charge is -2.33. The summed E-state index contributed by atoms with van der Waals surface area (Å²) < 4.78 is 30.8. The fraction of sp³-hybridized carbons (Fsp3) is 0.269. The number of hydrogen-bond acceptors (Lipinski definition) is 7. The van der Waals surface area contributed by atoms with Crippen molar-refractivity contribution < 1.29 is 18.6 Å². The monoisotopic (exact) mass is 475 g/mol. The van der Waals surface area contributed by atoms with Crippen LogP contribution in [-0.2, 0) is 9.47 Å². The fourth-order valence-corrected chi connectivity index (χ4v) is 3.74. The Morgan fingerprint density at radius 1 is 1.06 bits per heavy atom. The summed E-state index contributed by atoms with van der Waals surface area (Å²) in [6.07, 6.45) is 1.03. The van der Waals surface area contributed by atoms with Crippen molar-refractivity contribution >= 4 is 11.6 Å². The van der Waals surface area contributed by atoms with Gasteiger partial charge in [-0.05, 0) is 42.5 Å². The Morgan fingerprint density at radius 2 is 1.83 bits per heavy atom. The lowest BCUT2D eigenvalue weighted by molar-refractivity contribution is -0.229. The standard InChI is InChI=1S/C26H26FN5O3/c1-26(2)14-34-24(35-15-26)23-31-21(16-7-9-17(27)10-8-16)22(32-23)20-11-12-28-25(30-20)29-18-5-4-6-19(13-18)33-3/h4-13,24H,14-15H2,1-3H3,(H,31,32)(H,28,29,30). The third-order valence-electron chi connectivity index (χ3n) is 5.55. The average molecular weight is 476 g/mol. The summed E-state index contributed by atoms with van der Waals surface area (Å²) >= 11 is 0. The van der Waals surface area contributed by atoms with E-state index in [1.54, 1.807) is 31.5 Å². The predicted molar refractivity (Wildman–Crippen MR) is 130 cm³/mol. The third kappa shape index (κ3) is 5.16. The van der Waals surface area contributed by atoms with Crippen molar-refractivity contribution in [3.05, 3.63) is 72.4 Å². The fourth-order valence-electron chi connectivity index (χ4n) is 3.74. The number of hydrogen-bond donors (Lipinski definition) is 2. The molecule has 1 aliphatic heterocycles. The van der Waals surface area contributed by atoms with E-state index in [1.165, 1.54) is 12.1 Å². The molecular weight excluding hydrogens is 449 g/mol. The molecule has 3 heterocycles.